The van der Waals surface area contributed by atoms with Crippen molar-refractivity contribution >= 4 is 17.7 Å². The summed E-state index contributed by atoms with van der Waals surface area (Å²) in [6.45, 7) is 1.40. The Morgan fingerprint density at radius 2 is 1.74 bits per heavy atom. The standard InChI is InChI=1S/C24H25FN2O4/c25-19-4-1-16-13-27(14-17(16)11-19)22(30)26-20-5-2-18(3-6-20)23-7-9-24(10-8-23,31-15-23)12-21(28)29/h1-6,11H,7-10,12-15H2,(H,26,30)(H,28,29). The van der Waals surface area contributed by atoms with Gasteiger partial charge in [-0.05, 0) is 66.6 Å². The molecule has 3 aliphatic heterocycles. The highest BCUT2D eigenvalue weighted by molar-refractivity contribution is 5.89. The second kappa shape index (κ2) is 7.34. The molecule has 0 atom stereocenters. The maximum atomic E-state index is 13.4. The Labute approximate surface area is 180 Å². The summed E-state index contributed by atoms with van der Waals surface area (Å²) < 4.78 is 19.5. The van der Waals surface area contributed by atoms with E-state index in [0.29, 0.717) is 25.4 Å². The van der Waals surface area contributed by atoms with E-state index in [2.05, 4.69) is 5.32 Å². The largest absolute Gasteiger partial charge is 0.481 e. The predicted molar refractivity (Wildman–Crippen MR) is 112 cm³/mol. The highest BCUT2D eigenvalue weighted by Crippen LogP contribution is 2.51. The molecule has 0 spiro atoms. The van der Waals surface area contributed by atoms with Crippen LogP contribution in [-0.2, 0) is 28.0 Å². The number of nitrogens with zero attached hydrogens (tertiary/aromatic N) is 1. The lowest BCUT2D eigenvalue weighted by atomic mass is 9.62. The minimum atomic E-state index is -0.805. The Morgan fingerprint density at radius 3 is 2.39 bits per heavy atom. The average molecular weight is 424 g/mol. The molecular formula is C24H25FN2O4. The van der Waals surface area contributed by atoms with E-state index in [-0.39, 0.29) is 23.7 Å². The topological polar surface area (TPSA) is 78.9 Å². The zero-order chi connectivity index (χ0) is 21.6. The Kier molecular flexibility index (Phi) is 4.73. The van der Waals surface area contributed by atoms with E-state index >= 15 is 0 Å². The first-order chi connectivity index (χ1) is 14.9. The molecule has 4 aliphatic rings. The molecule has 2 amide bonds. The van der Waals surface area contributed by atoms with Crippen LogP contribution in [-0.4, -0.2) is 34.2 Å². The zero-order valence-electron chi connectivity index (χ0n) is 17.2. The van der Waals surface area contributed by atoms with Gasteiger partial charge in [-0.15, -0.1) is 0 Å². The van der Waals surface area contributed by atoms with Gasteiger partial charge >= 0.3 is 12.0 Å². The van der Waals surface area contributed by atoms with Gasteiger partial charge in [0.15, 0.2) is 0 Å². The highest BCUT2D eigenvalue weighted by atomic mass is 19.1. The molecule has 31 heavy (non-hydrogen) atoms. The number of fused-ring (bicyclic) bond motifs is 4. The maximum Gasteiger partial charge on any atom is 0.322 e. The first kappa shape index (κ1) is 20.0. The summed E-state index contributed by atoms with van der Waals surface area (Å²) in [5.41, 5.74) is 3.11. The number of ether oxygens (including phenoxy) is 1. The van der Waals surface area contributed by atoms with Crippen molar-refractivity contribution in [2.24, 2.45) is 0 Å². The van der Waals surface area contributed by atoms with E-state index in [9.17, 15) is 19.1 Å². The van der Waals surface area contributed by atoms with Crippen LogP contribution in [0, 0.1) is 5.82 Å². The zero-order valence-corrected chi connectivity index (χ0v) is 17.2. The van der Waals surface area contributed by atoms with Crippen LogP contribution in [0.15, 0.2) is 42.5 Å². The molecule has 0 aromatic heterocycles. The molecule has 2 aromatic rings. The van der Waals surface area contributed by atoms with E-state index in [1.54, 1.807) is 11.0 Å². The van der Waals surface area contributed by atoms with E-state index in [1.165, 1.54) is 12.1 Å². The monoisotopic (exact) mass is 424 g/mol. The third kappa shape index (κ3) is 3.67. The van der Waals surface area contributed by atoms with E-state index in [0.717, 1.165) is 42.4 Å². The van der Waals surface area contributed by atoms with Crippen LogP contribution in [0.3, 0.4) is 0 Å². The van der Waals surface area contributed by atoms with Gasteiger partial charge in [0.1, 0.15) is 5.82 Å². The summed E-state index contributed by atoms with van der Waals surface area (Å²) in [5, 5.41) is 12.1. The van der Waals surface area contributed by atoms with Gasteiger partial charge in [-0.1, -0.05) is 18.2 Å². The van der Waals surface area contributed by atoms with Gasteiger partial charge in [-0.2, -0.15) is 0 Å². The summed E-state index contributed by atoms with van der Waals surface area (Å²) >= 11 is 0. The predicted octanol–water partition coefficient (Wildman–Crippen LogP) is 4.43. The fourth-order valence-corrected chi connectivity index (χ4v) is 5.26. The Hall–Kier alpha value is -2.93. The molecule has 6 rings (SSSR count). The normalized spacial score (nSPS) is 26.5. The lowest BCUT2D eigenvalue weighted by molar-refractivity contribution is -0.174. The molecule has 2 bridgehead atoms. The van der Waals surface area contributed by atoms with Crippen molar-refractivity contribution in [1.82, 2.24) is 4.90 Å². The molecule has 6 nitrogen and oxygen atoms in total. The molecule has 2 saturated heterocycles. The lowest BCUT2D eigenvalue weighted by Gasteiger charge is -2.53. The molecule has 3 heterocycles. The number of nitrogens with one attached hydrogen (secondary N) is 1. The average Bonchev–Trinajstić information content (AvgIpc) is 3.18. The van der Waals surface area contributed by atoms with E-state index in [1.807, 2.05) is 24.3 Å². The number of carboxylic acids is 1. The third-order valence-electron chi connectivity index (χ3n) is 7.17. The number of anilines is 1. The number of carbonyl (C=O) groups is 2. The van der Waals surface area contributed by atoms with Crippen LogP contribution in [0.2, 0.25) is 0 Å². The molecular weight excluding hydrogens is 399 g/mol. The van der Waals surface area contributed by atoms with E-state index < -0.39 is 11.6 Å². The second-order valence-corrected chi connectivity index (χ2v) is 9.10. The number of hydrogen-bond acceptors (Lipinski definition) is 3. The molecule has 3 fully saturated rings. The van der Waals surface area contributed by atoms with Crippen molar-refractivity contribution in [2.75, 3.05) is 11.9 Å². The summed E-state index contributed by atoms with van der Waals surface area (Å²) in [6, 6.07) is 12.3. The van der Waals surface area contributed by atoms with Gasteiger partial charge in [0.2, 0.25) is 0 Å². The first-order valence-corrected chi connectivity index (χ1v) is 10.7. The van der Waals surface area contributed by atoms with Gasteiger partial charge in [-0.25, -0.2) is 9.18 Å². The summed E-state index contributed by atoms with van der Waals surface area (Å²) in [6.07, 6.45) is 3.41. The maximum absolute atomic E-state index is 13.4. The SMILES string of the molecule is O=C(O)CC12CCC(c3ccc(NC(=O)N4Cc5ccc(F)cc5C4)cc3)(CC1)CO2. The molecule has 1 aliphatic carbocycles. The van der Waals surface area contributed by atoms with Crippen LogP contribution >= 0.6 is 0 Å². The van der Waals surface area contributed by atoms with Crippen LogP contribution in [0.25, 0.3) is 0 Å². The molecule has 0 radical (unpaired) electrons. The van der Waals surface area contributed by atoms with Gasteiger partial charge < -0.3 is 20.1 Å². The molecule has 7 heteroatoms. The van der Waals surface area contributed by atoms with Gasteiger partial charge in [0.25, 0.3) is 0 Å². The summed E-state index contributed by atoms with van der Waals surface area (Å²) in [4.78, 5) is 25.5. The third-order valence-corrected chi connectivity index (χ3v) is 7.17. The number of urea groups is 1. The van der Waals surface area contributed by atoms with Crippen LogP contribution in [0.4, 0.5) is 14.9 Å². The van der Waals surface area contributed by atoms with Crippen molar-refractivity contribution in [1.29, 1.82) is 0 Å². The number of aliphatic carboxylic acids is 1. The van der Waals surface area contributed by atoms with Crippen molar-refractivity contribution in [3.8, 4) is 0 Å². The van der Waals surface area contributed by atoms with Crippen molar-refractivity contribution in [3.63, 3.8) is 0 Å². The van der Waals surface area contributed by atoms with Crippen LogP contribution in [0.1, 0.15) is 48.8 Å². The number of halogens is 1. The number of carbonyl (C=O) groups excluding carboxylic acids is 1. The Bertz CT molecular complexity index is 1010. The molecule has 1 saturated carbocycles. The fourth-order valence-electron chi connectivity index (χ4n) is 5.26. The minimum absolute atomic E-state index is 0.0705. The fraction of sp³-hybridized carbons (Fsp3) is 0.417. The molecule has 162 valence electrons. The Balaban J connectivity index is 1.22. The summed E-state index contributed by atoms with van der Waals surface area (Å²) in [7, 11) is 0. The molecule has 2 aromatic carbocycles. The first-order valence-electron chi connectivity index (χ1n) is 10.7. The second-order valence-electron chi connectivity index (χ2n) is 9.10. The van der Waals surface area contributed by atoms with Crippen molar-refractivity contribution in [2.45, 2.75) is 56.2 Å². The van der Waals surface area contributed by atoms with Crippen molar-refractivity contribution < 1.29 is 23.8 Å². The number of rotatable bonds is 4. The van der Waals surface area contributed by atoms with Crippen LogP contribution < -0.4 is 5.32 Å². The lowest BCUT2D eigenvalue weighted by Crippen LogP contribution is -2.54. The number of amides is 2. The number of benzene rings is 2. The highest BCUT2D eigenvalue weighted by Gasteiger charge is 2.51. The van der Waals surface area contributed by atoms with Crippen LogP contribution in [0.5, 0.6) is 0 Å². The minimum Gasteiger partial charge on any atom is -0.481 e. The Morgan fingerprint density at radius 1 is 1.03 bits per heavy atom. The van der Waals surface area contributed by atoms with E-state index in [4.69, 9.17) is 4.74 Å². The molecule has 2 N–H and O–H groups in total. The smallest absolute Gasteiger partial charge is 0.322 e. The number of hydrogen-bond donors (Lipinski definition) is 2. The molecule has 0 unspecified atom stereocenters. The summed E-state index contributed by atoms with van der Waals surface area (Å²) in [5.74, 6) is -1.09. The number of carboxylic acid groups (broad SMARTS) is 1. The quantitative estimate of drug-likeness (QED) is 0.761. The van der Waals surface area contributed by atoms with Gasteiger partial charge in [-0.3, -0.25) is 4.79 Å². The van der Waals surface area contributed by atoms with Gasteiger partial charge in [0.05, 0.1) is 18.6 Å². The van der Waals surface area contributed by atoms with Crippen molar-refractivity contribution in [3.05, 3.63) is 65.0 Å². The van der Waals surface area contributed by atoms with Gasteiger partial charge in [0, 0.05) is 24.2 Å².